The number of benzene rings is 1. The van der Waals surface area contributed by atoms with Gasteiger partial charge in [-0.25, -0.2) is 9.37 Å². The van der Waals surface area contributed by atoms with Crippen LogP contribution in [0.2, 0.25) is 0 Å². The summed E-state index contributed by atoms with van der Waals surface area (Å²) in [4.78, 5) is 4.45. The van der Waals surface area contributed by atoms with E-state index in [1.807, 2.05) is 12.3 Å². The van der Waals surface area contributed by atoms with Gasteiger partial charge in [0.1, 0.15) is 6.61 Å². The van der Waals surface area contributed by atoms with E-state index < -0.39 is 0 Å². The molecule has 18 heavy (non-hydrogen) atoms. The van der Waals surface area contributed by atoms with Crippen molar-refractivity contribution >= 4 is 11.3 Å². The highest BCUT2D eigenvalue weighted by Gasteiger charge is 2.08. The highest BCUT2D eigenvalue weighted by atomic mass is 32.1. The molecule has 96 valence electrons. The van der Waals surface area contributed by atoms with Gasteiger partial charge < -0.3 is 4.74 Å². The average Bonchev–Trinajstić information content (AvgIpc) is 2.79. The monoisotopic (exact) mass is 265 g/mol. The van der Waals surface area contributed by atoms with Crippen molar-refractivity contribution in [2.45, 2.75) is 33.3 Å². The third kappa shape index (κ3) is 3.07. The molecular weight excluding hydrogens is 249 g/mol. The molecule has 0 N–H and O–H groups in total. The first-order valence-corrected chi connectivity index (χ1v) is 6.77. The van der Waals surface area contributed by atoms with E-state index in [4.69, 9.17) is 4.74 Å². The van der Waals surface area contributed by atoms with Crippen molar-refractivity contribution in [3.05, 3.63) is 45.7 Å². The van der Waals surface area contributed by atoms with Crippen LogP contribution < -0.4 is 4.74 Å². The van der Waals surface area contributed by atoms with Crippen molar-refractivity contribution in [3.63, 3.8) is 0 Å². The minimum atomic E-state index is -0.333. The number of nitrogens with zero attached hydrogens (tertiary/aromatic N) is 1. The van der Waals surface area contributed by atoms with Crippen molar-refractivity contribution in [2.24, 2.45) is 0 Å². The Bertz CT molecular complexity index is 536. The molecule has 0 bridgehead atoms. The van der Waals surface area contributed by atoms with Gasteiger partial charge in [-0.3, -0.25) is 0 Å². The van der Waals surface area contributed by atoms with Crippen LogP contribution in [0.5, 0.6) is 5.75 Å². The van der Waals surface area contributed by atoms with E-state index in [1.165, 1.54) is 6.07 Å². The highest BCUT2D eigenvalue weighted by molar-refractivity contribution is 7.09. The van der Waals surface area contributed by atoms with E-state index in [0.717, 1.165) is 16.3 Å². The number of hydrogen-bond acceptors (Lipinski definition) is 3. The molecule has 0 fully saturated rings. The first-order chi connectivity index (χ1) is 8.56. The molecule has 4 heteroatoms. The predicted octanol–water partition coefficient (Wildman–Crippen LogP) is 4.29. The number of rotatable bonds is 4. The molecule has 0 spiro atoms. The maximum atomic E-state index is 13.5. The van der Waals surface area contributed by atoms with Crippen LogP contribution in [-0.4, -0.2) is 4.98 Å². The molecule has 0 saturated carbocycles. The Labute approximate surface area is 110 Å². The van der Waals surface area contributed by atoms with E-state index in [0.29, 0.717) is 12.5 Å². The van der Waals surface area contributed by atoms with Crippen molar-refractivity contribution in [1.29, 1.82) is 0 Å². The Balaban J connectivity index is 2.04. The lowest BCUT2D eigenvalue weighted by molar-refractivity contribution is 0.286. The fourth-order valence-electron chi connectivity index (χ4n) is 1.53. The molecule has 0 saturated heterocycles. The van der Waals surface area contributed by atoms with Crippen molar-refractivity contribution in [1.82, 2.24) is 4.98 Å². The van der Waals surface area contributed by atoms with Crippen LogP contribution in [0.15, 0.2) is 23.6 Å². The molecule has 0 aliphatic carbocycles. The first kappa shape index (κ1) is 13.0. The summed E-state index contributed by atoms with van der Waals surface area (Å²) in [5.74, 6) is 0.369. The minimum Gasteiger partial charge on any atom is -0.484 e. The lowest BCUT2D eigenvalue weighted by atomic mass is 10.2. The molecular formula is C14H16FNOS. The fourth-order valence-corrected chi connectivity index (χ4v) is 2.35. The Kier molecular flexibility index (Phi) is 3.97. The van der Waals surface area contributed by atoms with Gasteiger partial charge in [0.15, 0.2) is 11.6 Å². The third-order valence-electron chi connectivity index (χ3n) is 2.53. The Morgan fingerprint density at radius 1 is 1.39 bits per heavy atom. The zero-order valence-electron chi connectivity index (χ0n) is 10.7. The average molecular weight is 265 g/mol. The van der Waals surface area contributed by atoms with Crippen molar-refractivity contribution < 1.29 is 9.13 Å². The molecule has 0 aliphatic heterocycles. The summed E-state index contributed by atoms with van der Waals surface area (Å²) in [6.45, 7) is 6.42. The third-order valence-corrected chi connectivity index (χ3v) is 3.72. The molecule has 1 aromatic carbocycles. The van der Waals surface area contributed by atoms with Crippen molar-refractivity contribution in [2.75, 3.05) is 0 Å². The number of halogens is 1. The predicted molar refractivity (Wildman–Crippen MR) is 71.7 cm³/mol. The summed E-state index contributed by atoms with van der Waals surface area (Å²) in [6, 6.07) is 4.85. The van der Waals surface area contributed by atoms with E-state index in [1.54, 1.807) is 23.5 Å². The van der Waals surface area contributed by atoms with Crippen LogP contribution in [0.1, 0.15) is 36.0 Å². The van der Waals surface area contributed by atoms with Gasteiger partial charge in [-0.15, -0.1) is 11.3 Å². The molecule has 0 amide bonds. The Morgan fingerprint density at radius 2 is 2.17 bits per heavy atom. The highest BCUT2D eigenvalue weighted by Crippen LogP contribution is 2.22. The van der Waals surface area contributed by atoms with Gasteiger partial charge >= 0.3 is 0 Å². The molecule has 2 aromatic rings. The molecule has 2 nitrogen and oxygen atoms in total. The van der Waals surface area contributed by atoms with Crippen LogP contribution in [0.3, 0.4) is 0 Å². The smallest absolute Gasteiger partial charge is 0.165 e. The number of thiazole rings is 1. The van der Waals surface area contributed by atoms with Gasteiger partial charge in [-0.1, -0.05) is 19.9 Å². The molecule has 0 aliphatic rings. The lowest BCUT2D eigenvalue weighted by Crippen LogP contribution is -1.98. The SMILES string of the molecule is Cc1ccc(F)c(OCc2csc(C(C)C)n2)c1. The normalized spacial score (nSPS) is 10.9. The van der Waals surface area contributed by atoms with Gasteiger partial charge in [-0.05, 0) is 24.6 Å². The summed E-state index contributed by atoms with van der Waals surface area (Å²) in [7, 11) is 0. The zero-order valence-corrected chi connectivity index (χ0v) is 11.6. The van der Waals surface area contributed by atoms with Gasteiger partial charge in [-0.2, -0.15) is 0 Å². The second-order valence-electron chi connectivity index (χ2n) is 4.55. The Morgan fingerprint density at radius 3 is 2.83 bits per heavy atom. The zero-order chi connectivity index (χ0) is 13.1. The minimum absolute atomic E-state index is 0.286. The molecule has 0 atom stereocenters. The van der Waals surface area contributed by atoms with E-state index in [9.17, 15) is 4.39 Å². The largest absolute Gasteiger partial charge is 0.484 e. The summed E-state index contributed by atoms with van der Waals surface area (Å²) in [6.07, 6.45) is 0. The van der Waals surface area contributed by atoms with Crippen LogP contribution >= 0.6 is 11.3 Å². The van der Waals surface area contributed by atoms with Crippen LogP contribution in [-0.2, 0) is 6.61 Å². The van der Waals surface area contributed by atoms with E-state index >= 15 is 0 Å². The first-order valence-electron chi connectivity index (χ1n) is 5.89. The van der Waals surface area contributed by atoms with E-state index in [-0.39, 0.29) is 11.6 Å². The molecule has 2 rings (SSSR count). The standard InChI is InChI=1S/C14H16FNOS/c1-9(2)14-16-11(8-18-14)7-17-13-6-10(3)4-5-12(13)15/h4-6,8-9H,7H2,1-3H3. The molecule has 0 unspecified atom stereocenters. The molecule has 1 aromatic heterocycles. The van der Waals surface area contributed by atoms with Crippen LogP contribution in [0.4, 0.5) is 4.39 Å². The van der Waals surface area contributed by atoms with E-state index in [2.05, 4.69) is 18.8 Å². The number of ether oxygens (including phenoxy) is 1. The lowest BCUT2D eigenvalue weighted by Gasteiger charge is -2.06. The van der Waals surface area contributed by atoms with Crippen LogP contribution in [0, 0.1) is 12.7 Å². The van der Waals surface area contributed by atoms with Gasteiger partial charge in [0.05, 0.1) is 10.7 Å². The fraction of sp³-hybridized carbons (Fsp3) is 0.357. The summed E-state index contributed by atoms with van der Waals surface area (Å²) in [5.41, 5.74) is 1.83. The summed E-state index contributed by atoms with van der Waals surface area (Å²) < 4.78 is 18.9. The summed E-state index contributed by atoms with van der Waals surface area (Å²) >= 11 is 1.62. The van der Waals surface area contributed by atoms with Gasteiger partial charge in [0.25, 0.3) is 0 Å². The molecule has 1 heterocycles. The maximum absolute atomic E-state index is 13.5. The summed E-state index contributed by atoms with van der Waals surface area (Å²) in [5, 5.41) is 3.04. The van der Waals surface area contributed by atoms with Gasteiger partial charge in [0, 0.05) is 11.3 Å². The number of aryl methyl sites for hydroxylation is 1. The number of hydrogen-bond donors (Lipinski definition) is 0. The quantitative estimate of drug-likeness (QED) is 0.822. The number of aromatic nitrogens is 1. The Hall–Kier alpha value is -1.42. The van der Waals surface area contributed by atoms with Crippen LogP contribution in [0.25, 0.3) is 0 Å². The van der Waals surface area contributed by atoms with Crippen molar-refractivity contribution in [3.8, 4) is 5.75 Å². The molecule has 0 radical (unpaired) electrons. The van der Waals surface area contributed by atoms with Gasteiger partial charge in [0.2, 0.25) is 0 Å². The second kappa shape index (κ2) is 5.48. The second-order valence-corrected chi connectivity index (χ2v) is 5.44. The maximum Gasteiger partial charge on any atom is 0.165 e. The topological polar surface area (TPSA) is 22.1 Å².